The second-order valence-corrected chi connectivity index (χ2v) is 7.78. The zero-order valence-corrected chi connectivity index (χ0v) is 16.3. The number of halogens is 1. The fourth-order valence-corrected chi connectivity index (χ4v) is 4.26. The largest absolute Gasteiger partial charge is 0.381 e. The van der Waals surface area contributed by atoms with E-state index in [0.717, 1.165) is 44.5 Å². The van der Waals surface area contributed by atoms with E-state index in [1.54, 1.807) is 18.3 Å². The summed E-state index contributed by atoms with van der Waals surface area (Å²) < 4.78 is 21.8. The normalized spacial score (nSPS) is 18.4. The van der Waals surface area contributed by atoms with Crippen molar-refractivity contribution in [2.45, 2.75) is 50.6 Å². The minimum Gasteiger partial charge on any atom is -0.381 e. The lowest BCUT2D eigenvalue weighted by atomic mass is 10.1. The highest BCUT2D eigenvalue weighted by Crippen LogP contribution is 2.36. The van der Waals surface area contributed by atoms with Gasteiger partial charge in [-0.3, -0.25) is 4.57 Å². The highest BCUT2D eigenvalue weighted by molar-refractivity contribution is 5.76. The van der Waals surface area contributed by atoms with Gasteiger partial charge in [0, 0.05) is 25.3 Å². The lowest BCUT2D eigenvalue weighted by Crippen LogP contribution is -2.28. The maximum Gasteiger partial charge on any atom is 0.224 e. The lowest BCUT2D eigenvalue weighted by molar-refractivity contribution is 0.0903. The molecule has 2 aromatic heterocycles. The quantitative estimate of drug-likeness (QED) is 0.665. The summed E-state index contributed by atoms with van der Waals surface area (Å²) in [7, 11) is 0. The van der Waals surface area contributed by atoms with E-state index in [2.05, 4.69) is 20.2 Å². The highest BCUT2D eigenvalue weighted by atomic mass is 19.1. The molecule has 2 aliphatic rings. The van der Waals surface area contributed by atoms with Crippen LogP contribution in [0.2, 0.25) is 0 Å². The van der Waals surface area contributed by atoms with Crippen molar-refractivity contribution in [1.29, 1.82) is 0 Å². The first-order chi connectivity index (χ1) is 14.3. The van der Waals surface area contributed by atoms with Crippen LogP contribution in [0.15, 0.2) is 30.5 Å². The van der Waals surface area contributed by atoms with Gasteiger partial charge in [0.2, 0.25) is 11.9 Å². The molecular formula is C21H25FN6O. The number of para-hydroxylation sites is 1. The minimum absolute atomic E-state index is 0.300. The molecule has 1 saturated heterocycles. The topological polar surface area (TPSA) is 76.9 Å². The van der Waals surface area contributed by atoms with Crippen LogP contribution in [0.5, 0.6) is 0 Å². The molecule has 0 spiro atoms. The van der Waals surface area contributed by atoms with Gasteiger partial charge in [-0.15, -0.1) is 0 Å². The summed E-state index contributed by atoms with van der Waals surface area (Å²) in [5, 5.41) is 6.62. The molecular weight excluding hydrogens is 371 g/mol. The third-order valence-corrected chi connectivity index (χ3v) is 5.80. The van der Waals surface area contributed by atoms with Gasteiger partial charge in [-0.2, -0.15) is 4.98 Å². The Kier molecular flexibility index (Phi) is 5.01. The van der Waals surface area contributed by atoms with Crippen LogP contribution in [0.4, 0.5) is 22.0 Å². The lowest BCUT2D eigenvalue weighted by Gasteiger charge is -2.23. The first kappa shape index (κ1) is 18.3. The molecule has 1 aromatic carbocycles. The van der Waals surface area contributed by atoms with Crippen molar-refractivity contribution in [1.82, 2.24) is 19.5 Å². The summed E-state index contributed by atoms with van der Waals surface area (Å²) in [5.41, 5.74) is 1.92. The van der Waals surface area contributed by atoms with E-state index in [4.69, 9.17) is 14.7 Å². The Morgan fingerprint density at radius 3 is 2.62 bits per heavy atom. The third-order valence-electron chi connectivity index (χ3n) is 5.80. The standard InChI is InChI=1S/C21H25FN6O/c22-16-7-3-4-8-17(16)25-21-26-18-13-23-20(24-14-9-11-29-12-10-14)27-19(18)28(21)15-5-1-2-6-15/h3-4,7-8,13-15H,1-2,5-6,9-12H2,(H,25,26)(H,23,24,27). The first-order valence-electron chi connectivity index (χ1n) is 10.4. The summed E-state index contributed by atoms with van der Waals surface area (Å²) in [6, 6.07) is 7.28. The summed E-state index contributed by atoms with van der Waals surface area (Å²) in [6.07, 6.45) is 8.16. The predicted octanol–water partition coefficient (Wildman–Crippen LogP) is 4.42. The summed E-state index contributed by atoms with van der Waals surface area (Å²) in [6.45, 7) is 1.52. The van der Waals surface area contributed by atoms with Crippen LogP contribution < -0.4 is 10.6 Å². The smallest absolute Gasteiger partial charge is 0.224 e. The maximum atomic E-state index is 14.2. The SMILES string of the molecule is Fc1ccccc1Nc1nc2cnc(NC3CCOCC3)nc2n1C1CCCC1. The molecule has 2 N–H and O–H groups in total. The Morgan fingerprint density at radius 2 is 1.83 bits per heavy atom. The van der Waals surface area contributed by atoms with Gasteiger partial charge in [0.25, 0.3) is 0 Å². The van der Waals surface area contributed by atoms with Crippen LogP contribution >= 0.6 is 0 Å². The van der Waals surface area contributed by atoms with E-state index in [0.29, 0.717) is 35.2 Å². The number of nitrogens with zero attached hydrogens (tertiary/aromatic N) is 4. The number of anilines is 3. The molecule has 1 aliphatic heterocycles. The fourth-order valence-electron chi connectivity index (χ4n) is 4.26. The fraction of sp³-hybridized carbons (Fsp3) is 0.476. The van der Waals surface area contributed by atoms with Gasteiger partial charge >= 0.3 is 0 Å². The van der Waals surface area contributed by atoms with E-state index in [1.807, 2.05) is 6.07 Å². The van der Waals surface area contributed by atoms with E-state index in [9.17, 15) is 4.39 Å². The number of fused-ring (bicyclic) bond motifs is 1. The van der Waals surface area contributed by atoms with Gasteiger partial charge < -0.3 is 15.4 Å². The monoisotopic (exact) mass is 396 g/mol. The van der Waals surface area contributed by atoms with Crippen molar-refractivity contribution >= 4 is 28.7 Å². The molecule has 3 aromatic rings. The molecule has 8 heteroatoms. The second-order valence-electron chi connectivity index (χ2n) is 7.78. The number of imidazole rings is 1. The molecule has 152 valence electrons. The number of hydrogen-bond acceptors (Lipinski definition) is 6. The molecule has 2 fully saturated rings. The van der Waals surface area contributed by atoms with Gasteiger partial charge in [-0.05, 0) is 37.8 Å². The second kappa shape index (κ2) is 7.94. The van der Waals surface area contributed by atoms with Crippen molar-refractivity contribution < 1.29 is 9.13 Å². The van der Waals surface area contributed by atoms with Gasteiger partial charge in [-0.25, -0.2) is 14.4 Å². The highest BCUT2D eigenvalue weighted by Gasteiger charge is 2.25. The molecule has 0 atom stereocenters. The van der Waals surface area contributed by atoms with Crippen molar-refractivity contribution in [3.63, 3.8) is 0 Å². The number of benzene rings is 1. The number of nitrogens with one attached hydrogen (secondary N) is 2. The van der Waals surface area contributed by atoms with Crippen LogP contribution in [-0.4, -0.2) is 38.8 Å². The first-order valence-corrected chi connectivity index (χ1v) is 10.4. The molecule has 5 rings (SSSR count). The van der Waals surface area contributed by atoms with Crippen LogP contribution in [-0.2, 0) is 4.74 Å². The molecule has 1 saturated carbocycles. The van der Waals surface area contributed by atoms with Crippen LogP contribution in [0.1, 0.15) is 44.6 Å². The Balaban J connectivity index is 1.52. The molecule has 0 amide bonds. The number of hydrogen-bond donors (Lipinski definition) is 2. The van der Waals surface area contributed by atoms with E-state index >= 15 is 0 Å². The van der Waals surface area contributed by atoms with E-state index in [1.165, 1.54) is 18.9 Å². The van der Waals surface area contributed by atoms with E-state index < -0.39 is 0 Å². The van der Waals surface area contributed by atoms with Gasteiger partial charge in [0.05, 0.1) is 11.9 Å². The van der Waals surface area contributed by atoms with Gasteiger partial charge in [0.15, 0.2) is 5.65 Å². The molecule has 7 nitrogen and oxygen atoms in total. The molecule has 0 bridgehead atoms. The Hall–Kier alpha value is -2.74. The molecule has 3 heterocycles. The Bertz CT molecular complexity index is 994. The average Bonchev–Trinajstić information content (AvgIpc) is 3.37. The summed E-state index contributed by atoms with van der Waals surface area (Å²) in [5.74, 6) is 0.931. The van der Waals surface area contributed by atoms with Crippen molar-refractivity contribution in [2.75, 3.05) is 23.8 Å². The molecule has 29 heavy (non-hydrogen) atoms. The van der Waals surface area contributed by atoms with Crippen LogP contribution in [0, 0.1) is 5.82 Å². The van der Waals surface area contributed by atoms with Crippen molar-refractivity contribution in [2.24, 2.45) is 0 Å². The Morgan fingerprint density at radius 1 is 1.03 bits per heavy atom. The minimum atomic E-state index is -0.300. The van der Waals surface area contributed by atoms with Crippen molar-refractivity contribution in [3.05, 3.63) is 36.3 Å². The van der Waals surface area contributed by atoms with Crippen molar-refractivity contribution in [3.8, 4) is 0 Å². The van der Waals surface area contributed by atoms with Gasteiger partial charge in [-0.1, -0.05) is 25.0 Å². The van der Waals surface area contributed by atoms with E-state index in [-0.39, 0.29) is 5.82 Å². The maximum absolute atomic E-state index is 14.2. The molecule has 0 unspecified atom stereocenters. The third kappa shape index (κ3) is 3.76. The predicted molar refractivity (Wildman–Crippen MR) is 110 cm³/mol. The van der Waals surface area contributed by atoms with Gasteiger partial charge in [0.1, 0.15) is 11.3 Å². The number of ether oxygens (including phenoxy) is 1. The zero-order chi connectivity index (χ0) is 19.6. The zero-order valence-electron chi connectivity index (χ0n) is 16.3. The number of rotatable bonds is 5. The van der Waals surface area contributed by atoms with Crippen LogP contribution in [0.3, 0.4) is 0 Å². The Labute approximate surface area is 168 Å². The molecule has 0 radical (unpaired) electrons. The average molecular weight is 396 g/mol. The van der Waals surface area contributed by atoms with Crippen LogP contribution in [0.25, 0.3) is 11.2 Å². The summed E-state index contributed by atoms with van der Waals surface area (Å²) >= 11 is 0. The molecule has 1 aliphatic carbocycles. The summed E-state index contributed by atoms with van der Waals surface area (Å²) in [4.78, 5) is 14.0. The number of aromatic nitrogens is 4.